The number of hydrogen-bond donors (Lipinski definition) is 1. The van der Waals surface area contributed by atoms with Crippen LogP contribution >= 0.6 is 0 Å². The molecule has 2 fully saturated rings. The Hall–Kier alpha value is -0.0800. The number of hydrogen-bond acceptors (Lipinski definition) is 2. The number of epoxide rings is 1. The van der Waals surface area contributed by atoms with Crippen molar-refractivity contribution in [2.75, 3.05) is 6.61 Å². The average molecular weight is 128 g/mol. The van der Waals surface area contributed by atoms with Crippen molar-refractivity contribution in [3.05, 3.63) is 0 Å². The lowest BCUT2D eigenvalue weighted by molar-refractivity contribution is 0.163. The van der Waals surface area contributed by atoms with Crippen LogP contribution in [0.15, 0.2) is 0 Å². The summed E-state index contributed by atoms with van der Waals surface area (Å²) in [5, 5.41) is 8.87. The second-order valence-electron chi connectivity index (χ2n) is 3.08. The highest BCUT2D eigenvalue weighted by Gasteiger charge is 2.56. The third-order valence-electron chi connectivity index (χ3n) is 2.49. The molecular formula is C7H12O2. The minimum atomic E-state index is -0.0573. The molecule has 2 atom stereocenters. The maximum Gasteiger partial charge on any atom is 0.118 e. The van der Waals surface area contributed by atoms with Crippen LogP contribution in [0, 0.1) is 0 Å². The lowest BCUT2D eigenvalue weighted by Crippen LogP contribution is -2.23. The number of aliphatic hydroxyl groups excluding tert-OH is 1. The standard InChI is InChI=1S/C7H12O2/c8-5-7-4-2-1-3-6(7)9-7/h6,8H,1-5H2/t6-,7-/m0/s1. The fourth-order valence-corrected chi connectivity index (χ4v) is 1.76. The molecule has 0 spiro atoms. The summed E-state index contributed by atoms with van der Waals surface area (Å²) in [5.41, 5.74) is -0.0573. The summed E-state index contributed by atoms with van der Waals surface area (Å²) in [6, 6.07) is 0. The van der Waals surface area contributed by atoms with Crippen molar-refractivity contribution >= 4 is 0 Å². The maximum absolute atomic E-state index is 8.87. The van der Waals surface area contributed by atoms with E-state index in [0.717, 1.165) is 6.42 Å². The van der Waals surface area contributed by atoms with E-state index < -0.39 is 0 Å². The van der Waals surface area contributed by atoms with Crippen molar-refractivity contribution in [3.63, 3.8) is 0 Å². The topological polar surface area (TPSA) is 32.8 Å². The summed E-state index contributed by atoms with van der Waals surface area (Å²) >= 11 is 0. The first-order valence-corrected chi connectivity index (χ1v) is 3.66. The lowest BCUT2D eigenvalue weighted by Gasteiger charge is -2.12. The van der Waals surface area contributed by atoms with Gasteiger partial charge in [0.05, 0.1) is 12.7 Å². The van der Waals surface area contributed by atoms with Gasteiger partial charge in [0.1, 0.15) is 5.60 Å². The first-order chi connectivity index (χ1) is 4.37. The normalized spacial score (nSPS) is 48.3. The Morgan fingerprint density at radius 2 is 2.44 bits per heavy atom. The van der Waals surface area contributed by atoms with Crippen molar-refractivity contribution in [2.24, 2.45) is 0 Å². The molecule has 1 aliphatic carbocycles. The summed E-state index contributed by atoms with van der Waals surface area (Å²) in [5.74, 6) is 0. The van der Waals surface area contributed by atoms with Crippen LogP contribution in [-0.2, 0) is 4.74 Å². The zero-order valence-electron chi connectivity index (χ0n) is 5.47. The molecule has 1 saturated carbocycles. The zero-order valence-corrected chi connectivity index (χ0v) is 5.47. The van der Waals surface area contributed by atoms with E-state index in [4.69, 9.17) is 9.84 Å². The number of fused-ring (bicyclic) bond motifs is 1. The van der Waals surface area contributed by atoms with Crippen LogP contribution < -0.4 is 0 Å². The Morgan fingerprint density at radius 1 is 1.56 bits per heavy atom. The van der Waals surface area contributed by atoms with Gasteiger partial charge in [-0.3, -0.25) is 0 Å². The smallest absolute Gasteiger partial charge is 0.118 e. The summed E-state index contributed by atoms with van der Waals surface area (Å²) < 4.78 is 5.36. The van der Waals surface area contributed by atoms with Crippen LogP contribution in [0.3, 0.4) is 0 Å². The monoisotopic (exact) mass is 128 g/mol. The van der Waals surface area contributed by atoms with E-state index in [2.05, 4.69) is 0 Å². The minimum Gasteiger partial charge on any atom is -0.393 e. The van der Waals surface area contributed by atoms with Crippen molar-refractivity contribution in [1.82, 2.24) is 0 Å². The van der Waals surface area contributed by atoms with Crippen LogP contribution in [0.4, 0.5) is 0 Å². The molecule has 0 aromatic carbocycles. The third-order valence-corrected chi connectivity index (χ3v) is 2.49. The van der Waals surface area contributed by atoms with Gasteiger partial charge in [0.15, 0.2) is 0 Å². The van der Waals surface area contributed by atoms with Crippen LogP contribution in [0.25, 0.3) is 0 Å². The van der Waals surface area contributed by atoms with E-state index >= 15 is 0 Å². The van der Waals surface area contributed by atoms with Crippen LogP contribution in [0.2, 0.25) is 0 Å². The fraction of sp³-hybridized carbons (Fsp3) is 1.00. The van der Waals surface area contributed by atoms with E-state index in [1.54, 1.807) is 0 Å². The van der Waals surface area contributed by atoms with Gasteiger partial charge >= 0.3 is 0 Å². The van der Waals surface area contributed by atoms with Gasteiger partial charge < -0.3 is 9.84 Å². The van der Waals surface area contributed by atoms with Crippen molar-refractivity contribution in [1.29, 1.82) is 0 Å². The molecule has 0 bridgehead atoms. The van der Waals surface area contributed by atoms with Crippen molar-refractivity contribution < 1.29 is 9.84 Å². The van der Waals surface area contributed by atoms with E-state index in [9.17, 15) is 0 Å². The van der Waals surface area contributed by atoms with Gasteiger partial charge in [0.25, 0.3) is 0 Å². The average Bonchev–Trinajstić information content (AvgIpc) is 2.62. The fourth-order valence-electron chi connectivity index (χ4n) is 1.76. The predicted octanol–water partition coefficient (Wildman–Crippen LogP) is 0.690. The minimum absolute atomic E-state index is 0.0573. The SMILES string of the molecule is OC[C@@]12CCCC[C@@H]1O2. The highest BCUT2D eigenvalue weighted by Crippen LogP contribution is 2.47. The van der Waals surface area contributed by atoms with Crippen molar-refractivity contribution in [3.8, 4) is 0 Å². The molecule has 2 heteroatoms. The quantitative estimate of drug-likeness (QED) is 0.527. The molecule has 0 radical (unpaired) electrons. The van der Waals surface area contributed by atoms with Gasteiger partial charge in [0.2, 0.25) is 0 Å². The second kappa shape index (κ2) is 1.70. The molecule has 52 valence electrons. The van der Waals surface area contributed by atoms with E-state index in [0.29, 0.717) is 6.10 Å². The molecule has 0 amide bonds. The second-order valence-corrected chi connectivity index (χ2v) is 3.08. The van der Waals surface area contributed by atoms with Gasteiger partial charge in [-0.1, -0.05) is 12.8 Å². The molecule has 0 unspecified atom stereocenters. The van der Waals surface area contributed by atoms with E-state index in [-0.39, 0.29) is 12.2 Å². The molecule has 1 saturated heterocycles. The highest BCUT2D eigenvalue weighted by molar-refractivity contribution is 5.04. The third kappa shape index (κ3) is 0.700. The van der Waals surface area contributed by atoms with Gasteiger partial charge in [0, 0.05) is 0 Å². The van der Waals surface area contributed by atoms with Crippen LogP contribution in [0.5, 0.6) is 0 Å². The lowest BCUT2D eigenvalue weighted by atomic mass is 9.90. The Morgan fingerprint density at radius 3 is 3.00 bits per heavy atom. The largest absolute Gasteiger partial charge is 0.393 e. The highest BCUT2D eigenvalue weighted by atomic mass is 16.6. The van der Waals surface area contributed by atoms with Crippen molar-refractivity contribution in [2.45, 2.75) is 37.4 Å². The Labute approximate surface area is 54.8 Å². The molecule has 9 heavy (non-hydrogen) atoms. The molecular weight excluding hydrogens is 116 g/mol. The molecule has 0 aromatic heterocycles. The van der Waals surface area contributed by atoms with Crippen LogP contribution in [0.1, 0.15) is 25.7 Å². The summed E-state index contributed by atoms with van der Waals surface area (Å²) in [6.45, 7) is 0.234. The summed E-state index contributed by atoms with van der Waals surface area (Å²) in [4.78, 5) is 0. The number of aliphatic hydroxyl groups is 1. The Bertz CT molecular complexity index is 124. The summed E-state index contributed by atoms with van der Waals surface area (Å²) in [7, 11) is 0. The molecule has 2 nitrogen and oxygen atoms in total. The van der Waals surface area contributed by atoms with Gasteiger partial charge in [-0.25, -0.2) is 0 Å². The first kappa shape index (κ1) is 5.69. The molecule has 2 rings (SSSR count). The maximum atomic E-state index is 8.87. The van der Waals surface area contributed by atoms with Crippen LogP contribution in [-0.4, -0.2) is 23.4 Å². The Balaban J connectivity index is 2.01. The number of rotatable bonds is 1. The van der Waals surface area contributed by atoms with E-state index in [1.165, 1.54) is 19.3 Å². The molecule has 1 N–H and O–H groups in total. The molecule has 2 aliphatic rings. The van der Waals surface area contributed by atoms with Gasteiger partial charge in [-0.15, -0.1) is 0 Å². The zero-order chi connectivity index (χ0) is 6.32. The van der Waals surface area contributed by atoms with Gasteiger partial charge in [-0.2, -0.15) is 0 Å². The molecule has 0 aromatic rings. The first-order valence-electron chi connectivity index (χ1n) is 3.66. The predicted molar refractivity (Wildman–Crippen MR) is 33.2 cm³/mol. The van der Waals surface area contributed by atoms with E-state index in [1.807, 2.05) is 0 Å². The number of ether oxygens (including phenoxy) is 1. The summed E-state index contributed by atoms with van der Waals surface area (Å²) in [6.07, 6.45) is 5.18. The van der Waals surface area contributed by atoms with Gasteiger partial charge in [-0.05, 0) is 12.8 Å². The molecule has 1 heterocycles. The Kier molecular flexibility index (Phi) is 1.08. The molecule has 1 aliphatic heterocycles.